The first-order valence-corrected chi connectivity index (χ1v) is 10.5. The lowest BCUT2D eigenvalue weighted by atomic mass is 9.93. The Morgan fingerprint density at radius 3 is 2.47 bits per heavy atom. The fraction of sp³-hybridized carbons (Fsp3) is 0.636. The number of hydrogen-bond acceptors (Lipinski definition) is 4. The third-order valence-electron chi connectivity index (χ3n) is 5.27. The van der Waals surface area contributed by atoms with Gasteiger partial charge in [0.15, 0.2) is 5.96 Å². The molecule has 1 amide bonds. The van der Waals surface area contributed by atoms with Crippen molar-refractivity contribution in [3.8, 4) is 5.75 Å². The molecule has 0 unspecified atom stereocenters. The molecule has 1 heterocycles. The molecule has 0 aliphatic carbocycles. The van der Waals surface area contributed by atoms with Crippen LogP contribution in [0.5, 0.6) is 5.75 Å². The van der Waals surface area contributed by atoms with E-state index in [-0.39, 0.29) is 29.9 Å². The van der Waals surface area contributed by atoms with Gasteiger partial charge in [0.2, 0.25) is 5.91 Å². The molecular formula is C22H38IN5O2. The summed E-state index contributed by atoms with van der Waals surface area (Å²) in [5.74, 6) is 2.44. The molecule has 8 heteroatoms. The zero-order chi connectivity index (χ0) is 21.1. The highest BCUT2D eigenvalue weighted by molar-refractivity contribution is 14.0. The first-order chi connectivity index (χ1) is 14.0. The number of ether oxygens (including phenoxy) is 1. The van der Waals surface area contributed by atoms with Gasteiger partial charge in [0.05, 0.1) is 6.61 Å². The Labute approximate surface area is 198 Å². The van der Waals surface area contributed by atoms with Crippen LogP contribution in [-0.2, 0) is 11.3 Å². The number of benzene rings is 1. The van der Waals surface area contributed by atoms with Gasteiger partial charge in [-0.2, -0.15) is 0 Å². The third kappa shape index (κ3) is 9.51. The van der Waals surface area contributed by atoms with Crippen molar-refractivity contribution in [1.29, 1.82) is 0 Å². The number of amides is 1. The fourth-order valence-electron chi connectivity index (χ4n) is 3.50. The van der Waals surface area contributed by atoms with E-state index in [1.807, 2.05) is 19.2 Å². The molecule has 1 aromatic rings. The van der Waals surface area contributed by atoms with Crippen LogP contribution in [0.25, 0.3) is 0 Å². The van der Waals surface area contributed by atoms with E-state index < -0.39 is 0 Å². The maximum atomic E-state index is 11.6. The Hall–Kier alpha value is -1.55. The number of carbonyl (C=O) groups excluding carboxylic acids is 1. The first-order valence-electron chi connectivity index (χ1n) is 10.5. The molecule has 2 rings (SSSR count). The van der Waals surface area contributed by atoms with Crippen molar-refractivity contribution in [2.45, 2.75) is 32.2 Å². The molecule has 0 saturated carbocycles. The quantitative estimate of drug-likeness (QED) is 0.222. The van der Waals surface area contributed by atoms with Crippen LogP contribution in [0.1, 0.15) is 31.2 Å². The minimum absolute atomic E-state index is 0. The van der Waals surface area contributed by atoms with Crippen molar-refractivity contribution in [2.75, 3.05) is 54.4 Å². The number of aliphatic imine (C=N–C) groups is 1. The summed E-state index contributed by atoms with van der Waals surface area (Å²) in [6, 6.07) is 8.24. The summed E-state index contributed by atoms with van der Waals surface area (Å²) >= 11 is 0. The Balaban J connectivity index is 0.00000450. The molecule has 7 nitrogen and oxygen atoms in total. The summed E-state index contributed by atoms with van der Waals surface area (Å²) in [6.07, 6.45) is 3.69. The number of likely N-dealkylation sites (tertiary alicyclic amines) is 1. The summed E-state index contributed by atoms with van der Waals surface area (Å²) in [5, 5.41) is 6.18. The van der Waals surface area contributed by atoms with E-state index in [1.54, 1.807) is 7.05 Å². The van der Waals surface area contributed by atoms with Crippen LogP contribution in [0.2, 0.25) is 0 Å². The average Bonchev–Trinajstić information content (AvgIpc) is 2.73. The predicted molar refractivity (Wildman–Crippen MR) is 134 cm³/mol. The Bertz CT molecular complexity index is 643. The number of carbonyl (C=O) groups is 1. The maximum absolute atomic E-state index is 11.6. The molecule has 0 spiro atoms. The number of halogens is 1. The SMILES string of the molecule is CN=C(NCc1ccc(OCCCN(C)C)cc1)N1CCC(CC(=O)NC)CC1.I. The molecule has 0 aromatic heterocycles. The van der Waals surface area contributed by atoms with Crippen molar-refractivity contribution in [3.63, 3.8) is 0 Å². The third-order valence-corrected chi connectivity index (χ3v) is 5.27. The van der Waals surface area contributed by atoms with Crippen LogP contribution in [0.4, 0.5) is 0 Å². The highest BCUT2D eigenvalue weighted by atomic mass is 127. The molecule has 30 heavy (non-hydrogen) atoms. The van der Waals surface area contributed by atoms with Crippen LogP contribution in [0.15, 0.2) is 29.3 Å². The molecule has 1 aliphatic rings. The molecular weight excluding hydrogens is 493 g/mol. The summed E-state index contributed by atoms with van der Waals surface area (Å²) in [7, 11) is 7.67. The lowest BCUT2D eigenvalue weighted by Gasteiger charge is -2.34. The molecule has 1 aromatic carbocycles. The fourth-order valence-corrected chi connectivity index (χ4v) is 3.50. The first kappa shape index (κ1) is 26.5. The van der Waals surface area contributed by atoms with Crippen LogP contribution in [-0.4, -0.2) is 76.1 Å². The normalized spacial score (nSPS) is 15.0. The second kappa shape index (κ2) is 14.5. The second-order valence-electron chi connectivity index (χ2n) is 7.86. The number of rotatable bonds is 9. The maximum Gasteiger partial charge on any atom is 0.220 e. The minimum atomic E-state index is 0. The van der Waals surface area contributed by atoms with E-state index in [4.69, 9.17) is 4.74 Å². The molecule has 1 saturated heterocycles. The summed E-state index contributed by atoms with van der Waals surface area (Å²) in [4.78, 5) is 20.4. The van der Waals surface area contributed by atoms with Crippen LogP contribution in [0.3, 0.4) is 0 Å². The van der Waals surface area contributed by atoms with E-state index in [1.165, 1.54) is 5.56 Å². The lowest BCUT2D eigenvalue weighted by molar-refractivity contribution is -0.121. The van der Waals surface area contributed by atoms with Crippen molar-refractivity contribution < 1.29 is 9.53 Å². The largest absolute Gasteiger partial charge is 0.494 e. The van der Waals surface area contributed by atoms with Gasteiger partial charge in [0.25, 0.3) is 0 Å². The smallest absolute Gasteiger partial charge is 0.220 e. The molecule has 0 bridgehead atoms. The molecule has 0 atom stereocenters. The highest BCUT2D eigenvalue weighted by Gasteiger charge is 2.22. The topological polar surface area (TPSA) is 69.2 Å². The van der Waals surface area contributed by atoms with Crippen molar-refractivity contribution in [1.82, 2.24) is 20.4 Å². The van der Waals surface area contributed by atoms with E-state index >= 15 is 0 Å². The van der Waals surface area contributed by atoms with Crippen molar-refractivity contribution in [2.24, 2.45) is 10.9 Å². The standard InChI is InChI=1S/C22H37N5O2.HI/c1-23-21(28)16-18-10-13-27(14-11-18)22(24-2)25-17-19-6-8-20(9-7-19)29-15-5-12-26(3)4;/h6-9,18H,5,10-17H2,1-4H3,(H,23,28)(H,24,25);1H. The van der Waals surface area contributed by atoms with Gasteiger partial charge in [-0.05, 0) is 57.0 Å². The summed E-state index contributed by atoms with van der Waals surface area (Å²) < 4.78 is 5.79. The monoisotopic (exact) mass is 531 g/mol. The van der Waals surface area contributed by atoms with Gasteiger partial charge in [-0.25, -0.2) is 0 Å². The van der Waals surface area contributed by atoms with Crippen LogP contribution < -0.4 is 15.4 Å². The number of hydrogen-bond donors (Lipinski definition) is 2. The zero-order valence-electron chi connectivity index (χ0n) is 18.8. The van der Waals surface area contributed by atoms with Gasteiger partial charge < -0.3 is 25.2 Å². The minimum Gasteiger partial charge on any atom is -0.494 e. The zero-order valence-corrected chi connectivity index (χ0v) is 21.1. The summed E-state index contributed by atoms with van der Waals surface area (Å²) in [6.45, 7) is 4.36. The van der Waals surface area contributed by atoms with E-state index in [0.29, 0.717) is 12.3 Å². The van der Waals surface area contributed by atoms with Crippen molar-refractivity contribution in [3.05, 3.63) is 29.8 Å². The van der Waals surface area contributed by atoms with Gasteiger partial charge in [-0.3, -0.25) is 9.79 Å². The molecule has 0 radical (unpaired) electrons. The number of guanidine groups is 1. The number of nitrogens with one attached hydrogen (secondary N) is 2. The van der Waals surface area contributed by atoms with Gasteiger partial charge in [-0.15, -0.1) is 24.0 Å². The van der Waals surface area contributed by atoms with Gasteiger partial charge >= 0.3 is 0 Å². The Morgan fingerprint density at radius 1 is 1.23 bits per heavy atom. The average molecular weight is 531 g/mol. The van der Waals surface area contributed by atoms with Gasteiger partial charge in [0.1, 0.15) is 5.75 Å². The van der Waals surface area contributed by atoms with E-state index in [9.17, 15) is 4.79 Å². The van der Waals surface area contributed by atoms with Crippen LogP contribution >= 0.6 is 24.0 Å². The molecule has 2 N–H and O–H groups in total. The number of piperidine rings is 1. The van der Waals surface area contributed by atoms with Gasteiger partial charge in [-0.1, -0.05) is 12.1 Å². The molecule has 1 fully saturated rings. The summed E-state index contributed by atoms with van der Waals surface area (Å²) in [5.41, 5.74) is 1.20. The lowest BCUT2D eigenvalue weighted by Crippen LogP contribution is -2.45. The molecule has 170 valence electrons. The molecule has 1 aliphatic heterocycles. The van der Waals surface area contributed by atoms with Crippen LogP contribution in [0, 0.1) is 5.92 Å². The van der Waals surface area contributed by atoms with Crippen molar-refractivity contribution >= 4 is 35.8 Å². The predicted octanol–water partition coefficient (Wildman–Crippen LogP) is 2.56. The Kier molecular flexibility index (Phi) is 12.8. The van der Waals surface area contributed by atoms with E-state index in [2.05, 4.69) is 51.7 Å². The number of nitrogens with zero attached hydrogens (tertiary/aromatic N) is 3. The van der Waals surface area contributed by atoms with Gasteiger partial charge in [0, 0.05) is 46.7 Å². The van der Waals surface area contributed by atoms with E-state index in [0.717, 1.165) is 63.8 Å². The highest BCUT2D eigenvalue weighted by Crippen LogP contribution is 2.20. The Morgan fingerprint density at radius 2 is 1.90 bits per heavy atom. The second-order valence-corrected chi connectivity index (χ2v) is 7.86.